The Hall–Kier alpha value is -2.89. The summed E-state index contributed by atoms with van der Waals surface area (Å²) in [5, 5.41) is 17.8. The third kappa shape index (κ3) is 8.96. The van der Waals surface area contributed by atoms with Gasteiger partial charge in [0, 0.05) is 48.4 Å². The zero-order valence-corrected chi connectivity index (χ0v) is 22.4. The lowest BCUT2D eigenvalue weighted by Crippen LogP contribution is -2.37. The first-order chi connectivity index (χ1) is 17.1. The molecule has 2 aromatic carbocycles. The molecule has 0 aliphatic rings. The lowest BCUT2D eigenvalue weighted by atomic mass is 10.1. The van der Waals surface area contributed by atoms with E-state index in [2.05, 4.69) is 25.3 Å². The van der Waals surface area contributed by atoms with Crippen LogP contribution in [0.3, 0.4) is 0 Å². The van der Waals surface area contributed by atoms with E-state index < -0.39 is 11.0 Å². The number of nitrogens with zero attached hydrogens (tertiary/aromatic N) is 3. The largest absolute Gasteiger partial charge is 0.380 e. The van der Waals surface area contributed by atoms with E-state index in [1.165, 1.54) is 5.06 Å². The Balaban J connectivity index is 1.65. The van der Waals surface area contributed by atoms with Crippen LogP contribution >= 0.6 is 0 Å². The summed E-state index contributed by atoms with van der Waals surface area (Å²) in [6.07, 6.45) is 1.75. The summed E-state index contributed by atoms with van der Waals surface area (Å²) < 4.78 is 21.0. The maximum Gasteiger partial charge on any atom is 0.229 e. The fourth-order valence-corrected chi connectivity index (χ4v) is 4.33. The SMILES string of the molecule is CCOCCN(O)Cc1ccc(Nc2ncc(C)c(Nc3cccc(S(=O)NC(C)(C)C)c3)n2)cc1. The monoisotopic (exact) mass is 512 g/mol. The quantitative estimate of drug-likeness (QED) is 0.200. The van der Waals surface area contributed by atoms with Crippen LogP contribution in [0.1, 0.15) is 38.8 Å². The molecule has 3 rings (SSSR count). The Labute approximate surface area is 215 Å². The van der Waals surface area contributed by atoms with E-state index in [0.29, 0.717) is 43.0 Å². The molecule has 3 aromatic rings. The molecule has 194 valence electrons. The highest BCUT2D eigenvalue weighted by atomic mass is 32.2. The number of benzene rings is 2. The van der Waals surface area contributed by atoms with Gasteiger partial charge in [0.05, 0.1) is 11.5 Å². The molecule has 0 spiro atoms. The minimum atomic E-state index is -1.33. The van der Waals surface area contributed by atoms with Crippen molar-refractivity contribution in [3.63, 3.8) is 0 Å². The summed E-state index contributed by atoms with van der Waals surface area (Å²) in [4.78, 5) is 9.69. The molecule has 0 bridgehead atoms. The molecule has 0 saturated carbocycles. The molecular formula is C26H36N6O3S. The van der Waals surface area contributed by atoms with Crippen LogP contribution in [0.15, 0.2) is 59.6 Å². The van der Waals surface area contributed by atoms with Gasteiger partial charge < -0.3 is 20.6 Å². The van der Waals surface area contributed by atoms with Crippen molar-refractivity contribution in [1.29, 1.82) is 0 Å². The van der Waals surface area contributed by atoms with Gasteiger partial charge in [0.1, 0.15) is 16.8 Å². The van der Waals surface area contributed by atoms with Crippen molar-refractivity contribution in [1.82, 2.24) is 19.8 Å². The van der Waals surface area contributed by atoms with E-state index in [1.54, 1.807) is 6.20 Å². The molecule has 10 heteroatoms. The van der Waals surface area contributed by atoms with Gasteiger partial charge in [0.15, 0.2) is 0 Å². The molecule has 0 fully saturated rings. The van der Waals surface area contributed by atoms with E-state index in [-0.39, 0.29) is 5.54 Å². The second-order valence-corrected chi connectivity index (χ2v) is 10.6. The van der Waals surface area contributed by atoms with Crippen LogP contribution in [0.5, 0.6) is 0 Å². The van der Waals surface area contributed by atoms with Crippen LogP contribution in [0.25, 0.3) is 0 Å². The fourth-order valence-electron chi connectivity index (χ4n) is 3.22. The molecule has 0 radical (unpaired) electrons. The molecule has 1 unspecified atom stereocenters. The molecule has 0 aliphatic carbocycles. The first kappa shape index (κ1) is 27.7. The maximum atomic E-state index is 12.6. The maximum absolute atomic E-state index is 12.6. The second kappa shape index (κ2) is 12.9. The molecule has 4 N–H and O–H groups in total. The molecule has 9 nitrogen and oxygen atoms in total. The molecule has 36 heavy (non-hydrogen) atoms. The van der Waals surface area contributed by atoms with E-state index in [1.807, 2.05) is 83.1 Å². The van der Waals surface area contributed by atoms with Crippen LogP contribution < -0.4 is 15.4 Å². The van der Waals surface area contributed by atoms with Gasteiger partial charge in [0.2, 0.25) is 5.95 Å². The van der Waals surface area contributed by atoms with Gasteiger partial charge in [0.25, 0.3) is 0 Å². The summed E-state index contributed by atoms with van der Waals surface area (Å²) in [6, 6.07) is 15.2. The van der Waals surface area contributed by atoms with E-state index in [0.717, 1.165) is 22.5 Å². The third-order valence-corrected chi connectivity index (χ3v) is 6.43. The number of aryl methyl sites for hydroxylation is 1. The van der Waals surface area contributed by atoms with Crippen LogP contribution in [-0.2, 0) is 22.3 Å². The van der Waals surface area contributed by atoms with Gasteiger partial charge in [-0.15, -0.1) is 0 Å². The van der Waals surface area contributed by atoms with Crippen LogP contribution in [0.2, 0.25) is 0 Å². The molecule has 0 amide bonds. The highest BCUT2D eigenvalue weighted by Crippen LogP contribution is 2.23. The summed E-state index contributed by atoms with van der Waals surface area (Å²) >= 11 is 0. The van der Waals surface area contributed by atoms with E-state index >= 15 is 0 Å². The number of anilines is 4. The molecular weight excluding hydrogens is 476 g/mol. The predicted molar refractivity (Wildman–Crippen MR) is 144 cm³/mol. The minimum absolute atomic E-state index is 0.266. The Morgan fingerprint density at radius 2 is 1.83 bits per heavy atom. The van der Waals surface area contributed by atoms with E-state index in [4.69, 9.17) is 4.74 Å². The fraction of sp³-hybridized carbons (Fsp3) is 0.385. The summed E-state index contributed by atoms with van der Waals surface area (Å²) in [7, 11) is -1.33. The zero-order valence-electron chi connectivity index (χ0n) is 21.5. The van der Waals surface area contributed by atoms with Gasteiger partial charge in [-0.1, -0.05) is 18.2 Å². The Kier molecular flexibility index (Phi) is 9.91. The molecule has 0 saturated heterocycles. The van der Waals surface area contributed by atoms with Gasteiger partial charge in [-0.3, -0.25) is 0 Å². The topological polar surface area (TPSA) is 112 Å². The van der Waals surface area contributed by atoms with Crippen molar-refractivity contribution >= 4 is 34.1 Å². The van der Waals surface area contributed by atoms with Crippen LogP contribution in [0, 0.1) is 6.92 Å². The lowest BCUT2D eigenvalue weighted by molar-refractivity contribution is -0.111. The second-order valence-electron chi connectivity index (χ2n) is 9.41. The zero-order chi connectivity index (χ0) is 26.1. The normalized spacial score (nSPS) is 12.5. The third-order valence-electron chi connectivity index (χ3n) is 4.95. The molecule has 1 aromatic heterocycles. The molecule has 0 aliphatic heterocycles. The number of ether oxygens (including phenoxy) is 1. The highest BCUT2D eigenvalue weighted by molar-refractivity contribution is 7.83. The first-order valence-corrected chi connectivity index (χ1v) is 13.1. The lowest BCUT2D eigenvalue weighted by Gasteiger charge is -2.19. The Morgan fingerprint density at radius 1 is 1.08 bits per heavy atom. The Bertz CT molecular complexity index is 1150. The van der Waals surface area contributed by atoms with Crippen molar-refractivity contribution in [3.05, 3.63) is 65.9 Å². The predicted octanol–water partition coefficient (Wildman–Crippen LogP) is 4.91. The average molecular weight is 513 g/mol. The minimum Gasteiger partial charge on any atom is -0.380 e. The van der Waals surface area contributed by atoms with Gasteiger partial charge in [-0.05, 0) is 70.5 Å². The number of aromatic nitrogens is 2. The highest BCUT2D eigenvalue weighted by Gasteiger charge is 2.15. The van der Waals surface area contributed by atoms with Crippen LogP contribution in [-0.4, -0.2) is 49.7 Å². The number of hydroxylamine groups is 2. The molecule has 1 atom stereocenters. The Morgan fingerprint density at radius 3 is 2.53 bits per heavy atom. The van der Waals surface area contributed by atoms with Gasteiger partial charge >= 0.3 is 0 Å². The number of nitrogens with one attached hydrogen (secondary N) is 3. The number of rotatable bonds is 12. The summed E-state index contributed by atoms with van der Waals surface area (Å²) in [6.45, 7) is 11.8. The standard InChI is InChI=1S/C26H36N6O3S/c1-6-35-15-14-32(33)18-20-10-12-21(13-11-20)29-25-27-17-19(2)24(30-25)28-22-8-7-9-23(16-22)36(34)31-26(3,4)5/h7-13,16-17,31,33H,6,14-15,18H2,1-5H3,(H2,27,28,29,30). The smallest absolute Gasteiger partial charge is 0.229 e. The van der Waals surface area contributed by atoms with Gasteiger partial charge in [-0.25, -0.2) is 13.9 Å². The van der Waals surface area contributed by atoms with Crippen LogP contribution in [0.4, 0.5) is 23.1 Å². The van der Waals surface area contributed by atoms with Crippen molar-refractivity contribution in [2.45, 2.75) is 51.6 Å². The van der Waals surface area contributed by atoms with Crippen molar-refractivity contribution < 1.29 is 14.2 Å². The first-order valence-electron chi connectivity index (χ1n) is 11.9. The molecule has 1 heterocycles. The summed E-state index contributed by atoms with van der Waals surface area (Å²) in [5.74, 6) is 1.10. The van der Waals surface area contributed by atoms with Crippen molar-refractivity contribution in [3.8, 4) is 0 Å². The van der Waals surface area contributed by atoms with E-state index in [9.17, 15) is 9.42 Å². The summed E-state index contributed by atoms with van der Waals surface area (Å²) in [5.41, 5.74) is 3.21. The van der Waals surface area contributed by atoms with Crippen molar-refractivity contribution in [2.75, 3.05) is 30.4 Å². The number of hydrogen-bond donors (Lipinski definition) is 4. The number of hydrogen-bond acceptors (Lipinski definition) is 8. The van der Waals surface area contributed by atoms with Gasteiger partial charge in [-0.2, -0.15) is 10.0 Å². The van der Waals surface area contributed by atoms with Crippen molar-refractivity contribution in [2.24, 2.45) is 0 Å². The average Bonchev–Trinajstić information content (AvgIpc) is 2.82.